The summed E-state index contributed by atoms with van der Waals surface area (Å²) < 4.78 is 0.615. The molecule has 0 amide bonds. The predicted molar refractivity (Wildman–Crippen MR) is 49.1 cm³/mol. The molecule has 0 saturated heterocycles. The number of nitrogens with zero attached hydrogens (tertiary/aromatic N) is 1. The summed E-state index contributed by atoms with van der Waals surface area (Å²) >= 11 is 3.17. The number of carboxylic acids is 1. The minimum absolute atomic E-state index is 0.303. The maximum absolute atomic E-state index is 10.3. The van der Waals surface area contributed by atoms with Crippen molar-refractivity contribution in [3.8, 4) is 0 Å². The maximum atomic E-state index is 10.3. The van der Waals surface area contributed by atoms with E-state index in [4.69, 9.17) is 5.11 Å². The van der Waals surface area contributed by atoms with Crippen LogP contribution in [0.15, 0.2) is 22.9 Å². The zero-order valence-electron chi connectivity index (χ0n) is 6.64. The molecule has 0 aromatic carbocycles. The van der Waals surface area contributed by atoms with Crippen LogP contribution in [-0.4, -0.2) is 21.2 Å². The molecule has 1 aromatic rings. The van der Waals surface area contributed by atoms with Gasteiger partial charge in [-0.25, -0.2) is 0 Å². The molecular weight excluding hydrogens is 238 g/mol. The third-order valence-corrected chi connectivity index (χ3v) is 2.19. The number of carboxylic acid groups (broad SMARTS) is 1. The summed E-state index contributed by atoms with van der Waals surface area (Å²) in [6.45, 7) is 0. The number of aliphatic hydroxyl groups excluding tert-OH is 1. The monoisotopic (exact) mass is 245 g/mol. The highest BCUT2D eigenvalue weighted by Gasteiger charge is 2.14. The Bertz CT molecular complexity index is 316. The highest BCUT2D eigenvalue weighted by molar-refractivity contribution is 9.10. The summed E-state index contributed by atoms with van der Waals surface area (Å²) in [6, 6.07) is 1.58. The van der Waals surface area contributed by atoms with Gasteiger partial charge in [0.1, 0.15) is 0 Å². The maximum Gasteiger partial charge on any atom is 0.306 e. The number of aliphatic hydroxyl groups is 1. The lowest BCUT2D eigenvalue weighted by Crippen LogP contribution is -2.06. The van der Waals surface area contributed by atoms with Crippen LogP contribution in [0.4, 0.5) is 0 Å². The van der Waals surface area contributed by atoms with Gasteiger partial charge in [-0.1, -0.05) is 0 Å². The molecular formula is C8H8BrNO3. The lowest BCUT2D eigenvalue weighted by Gasteiger charge is -2.09. The second-order valence-corrected chi connectivity index (χ2v) is 3.37. The number of carbonyl (C=O) groups is 1. The van der Waals surface area contributed by atoms with Crippen molar-refractivity contribution in [3.63, 3.8) is 0 Å². The first-order valence-electron chi connectivity index (χ1n) is 3.60. The molecule has 0 saturated carbocycles. The predicted octanol–water partition coefficient (Wildman–Crippen LogP) is 1.35. The van der Waals surface area contributed by atoms with Crippen LogP contribution in [0, 0.1) is 0 Å². The average Bonchev–Trinajstić information content (AvgIpc) is 2.03. The molecule has 70 valence electrons. The van der Waals surface area contributed by atoms with E-state index in [1.165, 1.54) is 12.4 Å². The Morgan fingerprint density at radius 2 is 2.38 bits per heavy atom. The van der Waals surface area contributed by atoms with Crippen molar-refractivity contribution in [3.05, 3.63) is 28.5 Å². The van der Waals surface area contributed by atoms with E-state index in [1.807, 2.05) is 0 Å². The summed E-state index contributed by atoms with van der Waals surface area (Å²) in [5, 5.41) is 17.9. The molecule has 0 aliphatic carbocycles. The zero-order chi connectivity index (χ0) is 9.84. The Hall–Kier alpha value is -0.940. The fourth-order valence-electron chi connectivity index (χ4n) is 0.932. The lowest BCUT2D eigenvalue weighted by molar-refractivity contribution is -0.139. The first kappa shape index (κ1) is 10.1. The van der Waals surface area contributed by atoms with Gasteiger partial charge in [0.15, 0.2) is 0 Å². The molecule has 13 heavy (non-hydrogen) atoms. The Morgan fingerprint density at radius 1 is 1.69 bits per heavy atom. The molecule has 0 radical (unpaired) electrons. The van der Waals surface area contributed by atoms with Gasteiger partial charge in [-0.2, -0.15) is 0 Å². The molecule has 2 N–H and O–H groups in total. The fourth-order valence-corrected chi connectivity index (χ4v) is 1.45. The molecule has 0 aliphatic rings. The Morgan fingerprint density at radius 3 is 2.92 bits per heavy atom. The van der Waals surface area contributed by atoms with Gasteiger partial charge >= 0.3 is 5.97 Å². The Kier molecular flexibility index (Phi) is 3.39. The highest BCUT2D eigenvalue weighted by atomic mass is 79.9. The van der Waals surface area contributed by atoms with Gasteiger partial charge < -0.3 is 10.2 Å². The Balaban J connectivity index is 2.82. The normalized spacial score (nSPS) is 12.5. The van der Waals surface area contributed by atoms with Crippen molar-refractivity contribution in [2.45, 2.75) is 12.5 Å². The topological polar surface area (TPSA) is 70.4 Å². The minimum atomic E-state index is -1.03. The average molecular weight is 246 g/mol. The van der Waals surface area contributed by atoms with Crippen LogP contribution in [0.1, 0.15) is 18.1 Å². The fraction of sp³-hybridized carbons (Fsp3) is 0.250. The van der Waals surface area contributed by atoms with Gasteiger partial charge in [0.2, 0.25) is 0 Å². The number of aliphatic carboxylic acids is 1. The van der Waals surface area contributed by atoms with Crippen molar-refractivity contribution in [2.24, 2.45) is 0 Å². The number of hydrogen-bond donors (Lipinski definition) is 2. The lowest BCUT2D eigenvalue weighted by atomic mass is 10.1. The van der Waals surface area contributed by atoms with Gasteiger partial charge in [-0.3, -0.25) is 9.78 Å². The van der Waals surface area contributed by atoms with E-state index in [1.54, 1.807) is 6.07 Å². The molecule has 1 atom stereocenters. The third-order valence-electron chi connectivity index (χ3n) is 1.53. The number of halogens is 1. The van der Waals surface area contributed by atoms with E-state index in [0.717, 1.165) is 0 Å². The van der Waals surface area contributed by atoms with Crippen molar-refractivity contribution in [2.75, 3.05) is 0 Å². The standard InChI is InChI=1S/C8H8BrNO3/c9-6-4-10-2-1-5(6)7(11)3-8(12)13/h1-2,4,7,11H,3H2,(H,12,13). The highest BCUT2D eigenvalue weighted by Crippen LogP contribution is 2.23. The van der Waals surface area contributed by atoms with E-state index in [0.29, 0.717) is 10.0 Å². The molecule has 1 unspecified atom stereocenters. The van der Waals surface area contributed by atoms with Crippen molar-refractivity contribution < 1.29 is 15.0 Å². The first-order valence-corrected chi connectivity index (χ1v) is 4.40. The van der Waals surface area contributed by atoms with Crippen LogP contribution in [0.25, 0.3) is 0 Å². The molecule has 1 rings (SSSR count). The molecule has 0 bridgehead atoms. The summed E-state index contributed by atoms with van der Waals surface area (Å²) in [5.74, 6) is -1.03. The first-order chi connectivity index (χ1) is 6.11. The van der Waals surface area contributed by atoms with Crippen molar-refractivity contribution in [1.82, 2.24) is 4.98 Å². The molecule has 1 aromatic heterocycles. The van der Waals surface area contributed by atoms with Crippen LogP contribution in [-0.2, 0) is 4.79 Å². The third kappa shape index (κ3) is 2.78. The van der Waals surface area contributed by atoms with Crippen molar-refractivity contribution >= 4 is 21.9 Å². The van der Waals surface area contributed by atoms with E-state index < -0.39 is 12.1 Å². The molecule has 1 heterocycles. The van der Waals surface area contributed by atoms with Crippen LogP contribution in [0.2, 0.25) is 0 Å². The zero-order valence-corrected chi connectivity index (χ0v) is 8.23. The number of rotatable bonds is 3. The molecule has 0 aliphatic heterocycles. The minimum Gasteiger partial charge on any atom is -0.481 e. The number of pyridine rings is 1. The van der Waals surface area contributed by atoms with Crippen LogP contribution >= 0.6 is 15.9 Å². The van der Waals surface area contributed by atoms with Crippen LogP contribution in [0.5, 0.6) is 0 Å². The number of aromatic nitrogens is 1. The van der Waals surface area contributed by atoms with E-state index >= 15 is 0 Å². The van der Waals surface area contributed by atoms with Gasteiger partial charge in [0.05, 0.1) is 12.5 Å². The van der Waals surface area contributed by atoms with Gasteiger partial charge in [0.25, 0.3) is 0 Å². The van der Waals surface area contributed by atoms with E-state index in [2.05, 4.69) is 20.9 Å². The summed E-state index contributed by atoms with van der Waals surface area (Å²) in [5.41, 5.74) is 0.539. The van der Waals surface area contributed by atoms with E-state index in [-0.39, 0.29) is 6.42 Å². The van der Waals surface area contributed by atoms with Crippen molar-refractivity contribution in [1.29, 1.82) is 0 Å². The largest absolute Gasteiger partial charge is 0.481 e. The number of hydrogen-bond acceptors (Lipinski definition) is 3. The van der Waals surface area contributed by atoms with Crippen LogP contribution < -0.4 is 0 Å². The summed E-state index contributed by atoms with van der Waals surface area (Å²) in [7, 11) is 0. The SMILES string of the molecule is O=C(O)CC(O)c1ccncc1Br. The second kappa shape index (κ2) is 4.34. The Labute approximate surface area is 83.4 Å². The van der Waals surface area contributed by atoms with Gasteiger partial charge in [0, 0.05) is 16.9 Å². The molecule has 0 fully saturated rings. The molecule has 4 nitrogen and oxygen atoms in total. The van der Waals surface area contributed by atoms with Gasteiger partial charge in [-0.05, 0) is 27.6 Å². The second-order valence-electron chi connectivity index (χ2n) is 2.51. The molecule has 0 spiro atoms. The quantitative estimate of drug-likeness (QED) is 0.844. The van der Waals surface area contributed by atoms with Crippen LogP contribution in [0.3, 0.4) is 0 Å². The smallest absolute Gasteiger partial charge is 0.306 e. The van der Waals surface area contributed by atoms with Gasteiger partial charge in [-0.15, -0.1) is 0 Å². The molecule has 5 heteroatoms. The summed E-state index contributed by atoms with van der Waals surface area (Å²) in [4.78, 5) is 14.1. The summed E-state index contributed by atoms with van der Waals surface area (Å²) in [6.07, 6.45) is 1.73. The van der Waals surface area contributed by atoms with E-state index in [9.17, 15) is 9.90 Å².